The molecule has 0 spiro atoms. The van der Waals surface area contributed by atoms with E-state index < -0.39 is 0 Å². The Balaban J connectivity index is 0.000000147. The molecule has 1 aromatic heterocycles. The highest BCUT2D eigenvalue weighted by atomic mass is 15.2. The van der Waals surface area contributed by atoms with E-state index in [4.69, 9.17) is 4.99 Å². The molecule has 10 rings (SSSR count). The topological polar surface area (TPSA) is 115 Å². The van der Waals surface area contributed by atoms with Crippen LogP contribution in [0.15, 0.2) is 128 Å². The van der Waals surface area contributed by atoms with E-state index in [0.717, 1.165) is 73.0 Å². The van der Waals surface area contributed by atoms with Gasteiger partial charge >= 0.3 is 0 Å². The Kier molecular flexibility index (Phi) is 18.2. The number of aromatic nitrogens is 2. The molecule has 5 aromatic rings. The Labute approximate surface area is 433 Å². The Morgan fingerprint density at radius 2 is 1.12 bits per heavy atom. The smallest absolute Gasteiger partial charge is 0.134 e. The number of benzene rings is 4. The third-order valence-electron chi connectivity index (χ3n) is 13.0. The van der Waals surface area contributed by atoms with E-state index in [-0.39, 0.29) is 27.1 Å². The maximum absolute atomic E-state index is 4.73. The zero-order chi connectivity index (χ0) is 52.3. The third-order valence-corrected chi connectivity index (χ3v) is 13.0. The molecule has 10 heteroatoms. The molecule has 5 aliphatic rings. The van der Waals surface area contributed by atoms with Crippen LogP contribution in [0.1, 0.15) is 163 Å². The van der Waals surface area contributed by atoms with Crippen molar-refractivity contribution in [1.82, 2.24) is 20.2 Å². The van der Waals surface area contributed by atoms with E-state index in [0.29, 0.717) is 0 Å². The van der Waals surface area contributed by atoms with Gasteiger partial charge in [0.15, 0.2) is 0 Å². The summed E-state index contributed by atoms with van der Waals surface area (Å²) in [5.41, 5.74) is 9.12. The van der Waals surface area contributed by atoms with Gasteiger partial charge in [-0.1, -0.05) is 189 Å². The van der Waals surface area contributed by atoms with Crippen molar-refractivity contribution in [2.24, 2.45) is 46.6 Å². The molecule has 384 valence electrons. The number of hydrogen-bond donors (Lipinski definition) is 2. The van der Waals surface area contributed by atoms with E-state index >= 15 is 0 Å². The van der Waals surface area contributed by atoms with Crippen molar-refractivity contribution in [3.05, 3.63) is 137 Å². The minimum atomic E-state index is 0.0179. The molecule has 1 unspecified atom stereocenters. The SMILES string of the molecule is CC(C)(C)C1=NCCC2CCCCN12.CC(C)(C)C1=NCc2ccccc2C=N1.CC(C)(C)C1=NCc2ccccc2CN1.CC(C)(C)C1=NCc2ccccc2N1.CC(C)(C)c1ncc2ccccc2n1. The van der Waals surface area contributed by atoms with Crippen LogP contribution >= 0.6 is 0 Å². The van der Waals surface area contributed by atoms with Crippen molar-refractivity contribution in [3.63, 3.8) is 0 Å². The molecule has 1 atom stereocenters. The standard InChI is InChI=1S/C13H18N2.C13H16N2.C12H22N2.C12H16N2.C12H14N2/c2*1-13(2,3)12-14-8-10-6-4-5-7-11(10)9-15-12;1-12(2,3)11-13-8-7-10-6-4-5-9-14(10)11;2*1-12(2,3)11-13-8-9-6-4-5-7-10(9)14-11/h4-7H,8-9H2,1-3H3,(H,14,15);4-8H,9H2,1-3H3;10H,4-9H2,1-3H3;4-7H,8H2,1-3H3,(H,13,14);4-8H,1-3H3. The van der Waals surface area contributed by atoms with Crippen LogP contribution in [0, 0.1) is 21.7 Å². The molecule has 0 radical (unpaired) electrons. The van der Waals surface area contributed by atoms with Crippen molar-refractivity contribution < 1.29 is 0 Å². The first-order valence-corrected chi connectivity index (χ1v) is 26.3. The molecule has 6 heterocycles. The molecule has 1 saturated heterocycles. The van der Waals surface area contributed by atoms with Gasteiger partial charge in [0, 0.05) is 76.2 Å². The molecular formula is C62H86N10. The van der Waals surface area contributed by atoms with Gasteiger partial charge in [0.05, 0.1) is 25.2 Å². The van der Waals surface area contributed by atoms with Crippen molar-refractivity contribution in [2.75, 3.05) is 18.4 Å². The fraction of sp³-hybridized carbons (Fsp3) is 0.500. The number of anilines is 1. The van der Waals surface area contributed by atoms with Gasteiger partial charge in [0.2, 0.25) is 0 Å². The van der Waals surface area contributed by atoms with Crippen LogP contribution in [0.2, 0.25) is 0 Å². The average molecular weight is 971 g/mol. The number of nitrogens with zero attached hydrogens (tertiary/aromatic N) is 8. The number of aliphatic imine (C=N–C) groups is 5. The second-order valence-electron chi connectivity index (χ2n) is 24.7. The van der Waals surface area contributed by atoms with Gasteiger partial charge in [0.25, 0.3) is 0 Å². The van der Waals surface area contributed by atoms with Gasteiger partial charge in [-0.15, -0.1) is 0 Å². The highest BCUT2D eigenvalue weighted by molar-refractivity contribution is 6.01. The molecule has 1 fully saturated rings. The predicted molar refractivity (Wildman–Crippen MR) is 308 cm³/mol. The van der Waals surface area contributed by atoms with Crippen molar-refractivity contribution >= 4 is 46.1 Å². The molecule has 0 amide bonds. The molecule has 2 N–H and O–H groups in total. The normalized spacial score (nSPS) is 17.4. The number of fused-ring (bicyclic) bond motifs is 5. The van der Waals surface area contributed by atoms with E-state index in [1.54, 1.807) is 0 Å². The number of piperidine rings is 1. The maximum atomic E-state index is 4.73. The van der Waals surface area contributed by atoms with E-state index in [2.05, 4.69) is 210 Å². The fourth-order valence-electron chi connectivity index (χ4n) is 8.88. The summed E-state index contributed by atoms with van der Waals surface area (Å²) in [4.78, 5) is 34.4. The summed E-state index contributed by atoms with van der Waals surface area (Å²) in [5, 5.41) is 7.91. The largest absolute Gasteiger partial charge is 0.369 e. The van der Waals surface area contributed by atoms with Gasteiger partial charge in [-0.05, 0) is 65.6 Å². The minimum absolute atomic E-state index is 0.0179. The Hall–Kier alpha value is -6.03. The molecule has 0 saturated carbocycles. The highest BCUT2D eigenvalue weighted by Crippen LogP contribution is 2.31. The zero-order valence-corrected chi connectivity index (χ0v) is 46.6. The zero-order valence-electron chi connectivity index (χ0n) is 46.6. The lowest BCUT2D eigenvalue weighted by Gasteiger charge is -2.44. The first-order chi connectivity index (χ1) is 33.9. The van der Waals surface area contributed by atoms with Crippen molar-refractivity contribution in [1.29, 1.82) is 0 Å². The lowest BCUT2D eigenvalue weighted by Crippen LogP contribution is -2.51. The molecule has 0 bridgehead atoms. The van der Waals surface area contributed by atoms with Gasteiger partial charge in [-0.25, -0.2) is 15.0 Å². The van der Waals surface area contributed by atoms with Gasteiger partial charge in [-0.3, -0.25) is 20.0 Å². The van der Waals surface area contributed by atoms with Crippen molar-refractivity contribution in [2.45, 2.75) is 167 Å². The average Bonchev–Trinajstić information content (AvgIpc) is 3.71. The summed E-state index contributed by atoms with van der Waals surface area (Å²) >= 11 is 0. The van der Waals surface area contributed by atoms with Crippen LogP contribution in [0.3, 0.4) is 0 Å². The Bertz CT molecular complexity index is 2740. The van der Waals surface area contributed by atoms with Gasteiger partial charge in [-0.2, -0.15) is 0 Å². The second kappa shape index (κ2) is 23.7. The maximum Gasteiger partial charge on any atom is 0.134 e. The van der Waals surface area contributed by atoms with E-state index in [1.807, 2.05) is 48.8 Å². The lowest BCUT2D eigenvalue weighted by molar-refractivity contribution is 0.202. The summed E-state index contributed by atoms with van der Waals surface area (Å²) < 4.78 is 0. The lowest BCUT2D eigenvalue weighted by atomic mass is 9.88. The Morgan fingerprint density at radius 1 is 0.528 bits per heavy atom. The van der Waals surface area contributed by atoms with Crippen LogP contribution in [0.5, 0.6) is 0 Å². The summed E-state index contributed by atoms with van der Waals surface area (Å²) in [7, 11) is 0. The number of para-hydroxylation sites is 2. The van der Waals surface area contributed by atoms with E-state index in [1.165, 1.54) is 71.6 Å². The molecule has 5 aliphatic heterocycles. The van der Waals surface area contributed by atoms with Gasteiger partial charge < -0.3 is 15.5 Å². The first kappa shape index (κ1) is 55.3. The van der Waals surface area contributed by atoms with Crippen LogP contribution in [-0.2, 0) is 31.6 Å². The summed E-state index contributed by atoms with van der Waals surface area (Å²) in [6.45, 7) is 38.2. The fourth-order valence-corrected chi connectivity index (χ4v) is 8.88. The van der Waals surface area contributed by atoms with Crippen LogP contribution < -0.4 is 10.6 Å². The van der Waals surface area contributed by atoms with E-state index in [9.17, 15) is 0 Å². The summed E-state index contributed by atoms with van der Waals surface area (Å²) in [6.07, 6.45) is 9.24. The van der Waals surface area contributed by atoms with Gasteiger partial charge in [0.1, 0.15) is 29.2 Å². The third kappa shape index (κ3) is 15.7. The summed E-state index contributed by atoms with van der Waals surface area (Å²) in [5.74, 6) is 5.37. The molecule has 72 heavy (non-hydrogen) atoms. The number of amidine groups is 4. The molecule has 4 aromatic carbocycles. The number of rotatable bonds is 0. The van der Waals surface area contributed by atoms with Crippen LogP contribution in [0.4, 0.5) is 5.69 Å². The Morgan fingerprint density at radius 3 is 1.81 bits per heavy atom. The molecule has 10 nitrogen and oxygen atoms in total. The second-order valence-corrected chi connectivity index (χ2v) is 24.7. The monoisotopic (exact) mass is 971 g/mol. The highest BCUT2D eigenvalue weighted by Gasteiger charge is 2.33. The van der Waals surface area contributed by atoms with Crippen LogP contribution in [0.25, 0.3) is 10.9 Å². The van der Waals surface area contributed by atoms with Crippen LogP contribution in [-0.4, -0.2) is 63.6 Å². The first-order valence-electron chi connectivity index (χ1n) is 26.3. The number of nitrogens with one attached hydrogen (secondary N) is 2. The van der Waals surface area contributed by atoms with Crippen molar-refractivity contribution in [3.8, 4) is 0 Å². The molecule has 0 aliphatic carbocycles. The summed E-state index contributed by atoms with van der Waals surface area (Å²) in [6, 6.07) is 34.0. The minimum Gasteiger partial charge on any atom is -0.369 e. The molecular weight excluding hydrogens is 885 g/mol. The number of hydrogen-bond acceptors (Lipinski definition) is 10. The quantitative estimate of drug-likeness (QED) is 0.160. The predicted octanol–water partition coefficient (Wildman–Crippen LogP) is 14.5.